The van der Waals surface area contributed by atoms with Crippen molar-refractivity contribution in [2.75, 3.05) is 6.61 Å². The number of amides is 2. The summed E-state index contributed by atoms with van der Waals surface area (Å²) in [6, 6.07) is 13.0. The zero-order valence-electron chi connectivity index (χ0n) is 17.7. The lowest BCUT2D eigenvalue weighted by atomic mass is 9.95. The number of ether oxygens (including phenoxy) is 1. The van der Waals surface area contributed by atoms with Crippen LogP contribution in [0.5, 0.6) is 5.75 Å². The predicted molar refractivity (Wildman–Crippen MR) is 121 cm³/mol. The first-order chi connectivity index (χ1) is 14.9. The third-order valence-electron chi connectivity index (χ3n) is 5.55. The number of rotatable bonds is 8. The third-order valence-corrected chi connectivity index (χ3v) is 6.04. The van der Waals surface area contributed by atoms with Crippen LogP contribution in [0.4, 0.5) is 4.39 Å². The van der Waals surface area contributed by atoms with Crippen LogP contribution in [0.2, 0.25) is 0 Å². The second-order valence-electron chi connectivity index (χ2n) is 7.89. The van der Waals surface area contributed by atoms with Gasteiger partial charge in [-0.1, -0.05) is 59.5 Å². The smallest absolute Gasteiger partial charge is 0.261 e. The zero-order valence-corrected chi connectivity index (χ0v) is 19.2. The summed E-state index contributed by atoms with van der Waals surface area (Å²) in [7, 11) is 0. The van der Waals surface area contributed by atoms with E-state index >= 15 is 0 Å². The van der Waals surface area contributed by atoms with Gasteiger partial charge in [-0.15, -0.1) is 0 Å². The van der Waals surface area contributed by atoms with E-state index in [2.05, 4.69) is 21.2 Å². The summed E-state index contributed by atoms with van der Waals surface area (Å²) in [5.41, 5.74) is 0.880. The number of nitrogens with one attached hydrogen (secondary N) is 1. The molecule has 1 aliphatic rings. The first-order valence-electron chi connectivity index (χ1n) is 10.7. The first kappa shape index (κ1) is 23.3. The van der Waals surface area contributed by atoms with Crippen LogP contribution < -0.4 is 10.1 Å². The van der Waals surface area contributed by atoms with Crippen molar-refractivity contribution in [1.82, 2.24) is 10.2 Å². The molecule has 2 amide bonds. The van der Waals surface area contributed by atoms with E-state index in [-0.39, 0.29) is 36.8 Å². The molecule has 0 heterocycles. The summed E-state index contributed by atoms with van der Waals surface area (Å²) in [5.74, 6) is -1.08. The maximum Gasteiger partial charge on any atom is 0.261 e. The Morgan fingerprint density at radius 1 is 1.16 bits per heavy atom. The van der Waals surface area contributed by atoms with Crippen LogP contribution in [0.3, 0.4) is 0 Å². The third kappa shape index (κ3) is 6.79. The van der Waals surface area contributed by atoms with Crippen LogP contribution >= 0.6 is 15.9 Å². The number of carbonyl (C=O) groups excluding carboxylic acids is 2. The number of benzene rings is 2. The SMILES string of the molecule is C[C@H](C(=O)NC1CCCCC1)N(Cc1cccc(Br)c1)C(=O)COc1ccccc1F. The summed E-state index contributed by atoms with van der Waals surface area (Å²) in [5, 5.41) is 3.09. The van der Waals surface area contributed by atoms with Gasteiger partial charge < -0.3 is 15.0 Å². The fraction of sp³-hybridized carbons (Fsp3) is 0.417. The minimum atomic E-state index is -0.683. The van der Waals surface area contributed by atoms with Crippen molar-refractivity contribution in [3.63, 3.8) is 0 Å². The minimum Gasteiger partial charge on any atom is -0.481 e. The molecule has 2 aromatic rings. The van der Waals surface area contributed by atoms with Gasteiger partial charge in [0.05, 0.1) is 0 Å². The molecule has 166 valence electrons. The van der Waals surface area contributed by atoms with Crippen LogP contribution in [0.1, 0.15) is 44.6 Å². The van der Waals surface area contributed by atoms with E-state index in [0.29, 0.717) is 0 Å². The molecule has 1 aliphatic carbocycles. The molecule has 1 saturated carbocycles. The molecule has 3 rings (SSSR count). The molecule has 0 spiro atoms. The Bertz CT molecular complexity index is 902. The number of hydrogen-bond acceptors (Lipinski definition) is 3. The average Bonchev–Trinajstić information content (AvgIpc) is 2.77. The molecule has 7 heteroatoms. The topological polar surface area (TPSA) is 58.6 Å². The molecular weight excluding hydrogens is 463 g/mol. The summed E-state index contributed by atoms with van der Waals surface area (Å²) in [6.07, 6.45) is 5.35. The fourth-order valence-corrected chi connectivity index (χ4v) is 4.21. The second kappa shape index (κ2) is 11.3. The number of halogens is 2. The molecular formula is C24H28BrFN2O3. The summed E-state index contributed by atoms with van der Waals surface area (Å²) in [6.45, 7) is 1.62. The van der Waals surface area contributed by atoms with Crippen LogP contribution in [0.25, 0.3) is 0 Å². The molecule has 0 saturated heterocycles. The Hall–Kier alpha value is -2.41. The Balaban J connectivity index is 1.71. The van der Waals surface area contributed by atoms with Crippen LogP contribution in [-0.2, 0) is 16.1 Å². The summed E-state index contributed by atoms with van der Waals surface area (Å²) >= 11 is 3.44. The van der Waals surface area contributed by atoms with E-state index in [1.54, 1.807) is 19.1 Å². The highest BCUT2D eigenvalue weighted by atomic mass is 79.9. The Morgan fingerprint density at radius 2 is 1.90 bits per heavy atom. The maximum absolute atomic E-state index is 13.9. The molecule has 1 atom stereocenters. The lowest BCUT2D eigenvalue weighted by molar-refractivity contribution is -0.142. The van der Waals surface area contributed by atoms with Crippen molar-refractivity contribution in [3.05, 3.63) is 64.4 Å². The number of para-hydroxylation sites is 1. The highest BCUT2D eigenvalue weighted by Crippen LogP contribution is 2.20. The standard InChI is InChI=1S/C24H28BrFN2O3/c1-17(24(30)27-20-10-3-2-4-11-20)28(15-18-8-7-9-19(25)14-18)23(29)16-31-22-13-6-5-12-21(22)26/h5-9,12-14,17,20H,2-4,10-11,15-16H2,1H3,(H,27,30)/t17-/m1/s1. The van der Waals surface area contributed by atoms with Gasteiger partial charge in [0.1, 0.15) is 6.04 Å². The Morgan fingerprint density at radius 3 is 2.61 bits per heavy atom. The molecule has 0 bridgehead atoms. The monoisotopic (exact) mass is 490 g/mol. The van der Waals surface area contributed by atoms with E-state index in [4.69, 9.17) is 4.74 Å². The van der Waals surface area contributed by atoms with E-state index in [1.807, 2.05) is 24.3 Å². The van der Waals surface area contributed by atoms with Gasteiger partial charge in [0.2, 0.25) is 5.91 Å². The number of hydrogen-bond donors (Lipinski definition) is 1. The van der Waals surface area contributed by atoms with E-state index in [0.717, 1.165) is 35.7 Å². The molecule has 0 aliphatic heterocycles. The van der Waals surface area contributed by atoms with Gasteiger partial charge in [-0.25, -0.2) is 4.39 Å². The Kier molecular flexibility index (Phi) is 8.46. The fourth-order valence-electron chi connectivity index (χ4n) is 3.77. The maximum atomic E-state index is 13.9. The van der Waals surface area contributed by atoms with Crippen molar-refractivity contribution in [1.29, 1.82) is 0 Å². The quantitative estimate of drug-likeness (QED) is 0.576. The molecule has 0 unspecified atom stereocenters. The van der Waals surface area contributed by atoms with Crippen LogP contribution in [0.15, 0.2) is 53.0 Å². The van der Waals surface area contributed by atoms with Gasteiger partial charge in [-0.2, -0.15) is 0 Å². The largest absolute Gasteiger partial charge is 0.481 e. The zero-order chi connectivity index (χ0) is 22.2. The first-order valence-corrected chi connectivity index (χ1v) is 11.4. The van der Waals surface area contributed by atoms with Crippen molar-refractivity contribution in [3.8, 4) is 5.75 Å². The van der Waals surface area contributed by atoms with E-state index in [9.17, 15) is 14.0 Å². The van der Waals surface area contributed by atoms with Gasteiger partial charge in [-0.3, -0.25) is 9.59 Å². The molecule has 31 heavy (non-hydrogen) atoms. The molecule has 0 radical (unpaired) electrons. The molecule has 2 aromatic carbocycles. The van der Waals surface area contributed by atoms with Gasteiger partial charge in [0.15, 0.2) is 18.2 Å². The van der Waals surface area contributed by atoms with Crippen molar-refractivity contribution < 1.29 is 18.7 Å². The predicted octanol–water partition coefficient (Wildman–Crippen LogP) is 4.83. The van der Waals surface area contributed by atoms with Crippen molar-refractivity contribution in [2.24, 2.45) is 0 Å². The molecule has 1 fully saturated rings. The van der Waals surface area contributed by atoms with Gasteiger partial charge in [0, 0.05) is 17.1 Å². The number of carbonyl (C=O) groups is 2. The van der Waals surface area contributed by atoms with E-state index in [1.165, 1.54) is 23.5 Å². The lowest BCUT2D eigenvalue weighted by Gasteiger charge is -2.31. The minimum absolute atomic E-state index is 0.0116. The van der Waals surface area contributed by atoms with Crippen molar-refractivity contribution >= 4 is 27.7 Å². The van der Waals surface area contributed by atoms with Gasteiger partial charge in [-0.05, 0) is 49.6 Å². The summed E-state index contributed by atoms with van der Waals surface area (Å²) in [4.78, 5) is 27.5. The molecule has 5 nitrogen and oxygen atoms in total. The summed E-state index contributed by atoms with van der Waals surface area (Å²) < 4.78 is 20.2. The highest BCUT2D eigenvalue weighted by molar-refractivity contribution is 9.10. The number of nitrogens with zero attached hydrogens (tertiary/aromatic N) is 1. The molecule has 1 N–H and O–H groups in total. The lowest BCUT2D eigenvalue weighted by Crippen LogP contribution is -2.51. The van der Waals surface area contributed by atoms with Crippen LogP contribution in [-0.4, -0.2) is 35.4 Å². The normalized spacial score (nSPS) is 15.2. The average molecular weight is 491 g/mol. The highest BCUT2D eigenvalue weighted by Gasteiger charge is 2.28. The molecule has 0 aromatic heterocycles. The van der Waals surface area contributed by atoms with Gasteiger partial charge in [0.25, 0.3) is 5.91 Å². The Labute approximate surface area is 191 Å². The van der Waals surface area contributed by atoms with E-state index < -0.39 is 11.9 Å². The van der Waals surface area contributed by atoms with Gasteiger partial charge >= 0.3 is 0 Å². The van der Waals surface area contributed by atoms with Crippen molar-refractivity contribution in [2.45, 2.75) is 57.7 Å². The second-order valence-corrected chi connectivity index (χ2v) is 8.81. The van der Waals surface area contributed by atoms with Crippen LogP contribution in [0, 0.1) is 5.82 Å².